The number of hydrogen-bond donors (Lipinski definition) is 1. The van der Waals surface area contributed by atoms with Gasteiger partial charge in [0.25, 0.3) is 5.91 Å². The van der Waals surface area contributed by atoms with Crippen LogP contribution in [-0.2, 0) is 0 Å². The van der Waals surface area contributed by atoms with E-state index >= 15 is 0 Å². The van der Waals surface area contributed by atoms with Crippen molar-refractivity contribution < 1.29 is 4.79 Å². The Morgan fingerprint density at radius 3 is 2.64 bits per heavy atom. The Labute approximate surface area is 133 Å². The first-order valence-corrected chi connectivity index (χ1v) is 7.13. The summed E-state index contributed by atoms with van der Waals surface area (Å²) in [6, 6.07) is 9.27. The monoisotopic (exact) mass is 311 g/mol. The van der Waals surface area contributed by atoms with Gasteiger partial charge in [0.05, 0.1) is 11.3 Å². The predicted octanol–water partition coefficient (Wildman–Crippen LogP) is 3.60. The fraction of sp³-hybridized carbons (Fsp3) is 0.0588. The molecule has 0 aliphatic heterocycles. The number of hydrogen-bond acceptors (Lipinski definition) is 2. The summed E-state index contributed by atoms with van der Waals surface area (Å²) in [7, 11) is 0. The van der Waals surface area contributed by atoms with Gasteiger partial charge in [-0.25, -0.2) is 0 Å². The topological polar surface area (TPSA) is 60.9 Å². The molecule has 5 heteroatoms. The minimum atomic E-state index is -0.486. The molecule has 4 nitrogen and oxygen atoms in total. The number of rotatable bonds is 3. The van der Waals surface area contributed by atoms with Gasteiger partial charge in [-0.2, -0.15) is 0 Å². The van der Waals surface area contributed by atoms with E-state index in [4.69, 9.17) is 17.3 Å². The molecule has 110 valence electrons. The SMILES string of the molecule is Cc1cnccc1-n1cc(C(N)=O)c(-c2ccccc2Cl)c1. The van der Waals surface area contributed by atoms with Gasteiger partial charge in [-0.15, -0.1) is 0 Å². The summed E-state index contributed by atoms with van der Waals surface area (Å²) in [4.78, 5) is 15.9. The molecule has 0 saturated carbocycles. The van der Waals surface area contributed by atoms with Crippen LogP contribution in [-0.4, -0.2) is 15.5 Å². The minimum absolute atomic E-state index is 0.435. The molecule has 0 radical (unpaired) electrons. The maximum Gasteiger partial charge on any atom is 0.250 e. The van der Waals surface area contributed by atoms with E-state index in [-0.39, 0.29) is 0 Å². The summed E-state index contributed by atoms with van der Waals surface area (Å²) in [5.41, 5.74) is 9.40. The summed E-state index contributed by atoms with van der Waals surface area (Å²) in [6.07, 6.45) is 7.07. The molecule has 22 heavy (non-hydrogen) atoms. The number of aromatic nitrogens is 2. The Morgan fingerprint density at radius 2 is 1.95 bits per heavy atom. The Bertz CT molecular complexity index is 855. The number of nitrogens with two attached hydrogens (primary N) is 1. The molecule has 0 aliphatic carbocycles. The second-order valence-electron chi connectivity index (χ2n) is 5.00. The quantitative estimate of drug-likeness (QED) is 0.803. The van der Waals surface area contributed by atoms with Crippen LogP contribution in [0, 0.1) is 6.92 Å². The number of carbonyl (C=O) groups excluding carboxylic acids is 1. The van der Waals surface area contributed by atoms with Crippen LogP contribution in [0.2, 0.25) is 5.02 Å². The number of amides is 1. The highest BCUT2D eigenvalue weighted by atomic mass is 35.5. The van der Waals surface area contributed by atoms with Gasteiger partial charge in [-0.1, -0.05) is 29.8 Å². The molecule has 2 N–H and O–H groups in total. The number of primary amides is 1. The van der Waals surface area contributed by atoms with Crippen LogP contribution in [0.25, 0.3) is 16.8 Å². The van der Waals surface area contributed by atoms with Gasteiger partial charge in [0.2, 0.25) is 0 Å². The molecule has 1 amide bonds. The van der Waals surface area contributed by atoms with Gasteiger partial charge in [-0.05, 0) is 24.6 Å². The lowest BCUT2D eigenvalue weighted by atomic mass is 10.0. The molecule has 1 aromatic carbocycles. The predicted molar refractivity (Wildman–Crippen MR) is 87.3 cm³/mol. The minimum Gasteiger partial charge on any atom is -0.366 e. The average Bonchev–Trinajstić information content (AvgIpc) is 2.93. The van der Waals surface area contributed by atoms with Gasteiger partial charge in [0, 0.05) is 40.9 Å². The third-order valence-electron chi connectivity index (χ3n) is 3.52. The molecule has 0 saturated heterocycles. The lowest BCUT2D eigenvalue weighted by molar-refractivity contribution is 0.100. The molecule has 3 rings (SSSR count). The zero-order valence-electron chi connectivity index (χ0n) is 12.0. The second kappa shape index (κ2) is 5.66. The van der Waals surface area contributed by atoms with Crippen LogP contribution in [0.1, 0.15) is 15.9 Å². The molecule has 0 fully saturated rings. The highest BCUT2D eigenvalue weighted by Gasteiger charge is 2.16. The molecule has 2 heterocycles. The first-order chi connectivity index (χ1) is 10.6. The van der Waals surface area contributed by atoms with Crippen LogP contribution >= 0.6 is 11.6 Å². The third-order valence-corrected chi connectivity index (χ3v) is 3.85. The fourth-order valence-corrected chi connectivity index (χ4v) is 2.68. The Morgan fingerprint density at radius 1 is 1.18 bits per heavy atom. The first-order valence-electron chi connectivity index (χ1n) is 6.75. The fourth-order valence-electron chi connectivity index (χ4n) is 2.44. The molecule has 0 aliphatic rings. The van der Waals surface area contributed by atoms with Crippen molar-refractivity contribution in [1.82, 2.24) is 9.55 Å². The molecular weight excluding hydrogens is 298 g/mol. The maximum absolute atomic E-state index is 11.8. The molecular formula is C17H14ClN3O. The van der Waals surface area contributed by atoms with Gasteiger partial charge in [0.1, 0.15) is 0 Å². The average molecular weight is 312 g/mol. The van der Waals surface area contributed by atoms with Crippen LogP contribution in [0.5, 0.6) is 0 Å². The third kappa shape index (κ3) is 2.49. The standard InChI is InChI=1S/C17H14ClN3O/c1-11-8-20-7-6-16(11)21-9-13(14(10-21)17(19)22)12-4-2-3-5-15(12)18/h2-10H,1H3,(H2,19,22). The number of aryl methyl sites for hydroxylation is 1. The zero-order valence-corrected chi connectivity index (χ0v) is 12.7. The van der Waals surface area contributed by atoms with Crippen molar-refractivity contribution in [2.24, 2.45) is 5.73 Å². The van der Waals surface area contributed by atoms with Crippen LogP contribution in [0.15, 0.2) is 55.1 Å². The second-order valence-corrected chi connectivity index (χ2v) is 5.41. The van der Waals surface area contributed by atoms with Crippen molar-refractivity contribution in [3.8, 4) is 16.8 Å². The smallest absolute Gasteiger partial charge is 0.250 e. The Kier molecular flexibility index (Phi) is 3.69. The highest BCUT2D eigenvalue weighted by molar-refractivity contribution is 6.33. The van der Waals surface area contributed by atoms with E-state index in [0.717, 1.165) is 16.8 Å². The van der Waals surface area contributed by atoms with E-state index in [2.05, 4.69) is 4.98 Å². The van der Waals surface area contributed by atoms with E-state index in [1.165, 1.54) is 0 Å². The van der Waals surface area contributed by atoms with Crippen molar-refractivity contribution in [3.05, 3.63) is 71.3 Å². The molecule has 3 aromatic rings. The molecule has 0 spiro atoms. The normalized spacial score (nSPS) is 10.6. The van der Waals surface area contributed by atoms with Crippen LogP contribution in [0.4, 0.5) is 0 Å². The molecule has 0 atom stereocenters. The van der Waals surface area contributed by atoms with Crippen molar-refractivity contribution in [1.29, 1.82) is 0 Å². The summed E-state index contributed by atoms with van der Waals surface area (Å²) >= 11 is 6.25. The van der Waals surface area contributed by atoms with E-state index in [9.17, 15) is 4.79 Å². The molecule has 2 aromatic heterocycles. The maximum atomic E-state index is 11.8. The lowest BCUT2D eigenvalue weighted by Gasteiger charge is -2.06. The zero-order chi connectivity index (χ0) is 15.7. The largest absolute Gasteiger partial charge is 0.366 e. The van der Waals surface area contributed by atoms with Gasteiger partial charge < -0.3 is 10.3 Å². The van der Waals surface area contributed by atoms with E-state index in [1.54, 1.807) is 24.7 Å². The van der Waals surface area contributed by atoms with Gasteiger partial charge in [-0.3, -0.25) is 9.78 Å². The Balaban J connectivity index is 2.22. The van der Waals surface area contributed by atoms with Crippen LogP contribution < -0.4 is 5.73 Å². The van der Waals surface area contributed by atoms with Crippen molar-refractivity contribution >= 4 is 17.5 Å². The van der Waals surface area contributed by atoms with Crippen molar-refractivity contribution in [2.45, 2.75) is 6.92 Å². The van der Waals surface area contributed by atoms with Crippen molar-refractivity contribution in [3.63, 3.8) is 0 Å². The van der Waals surface area contributed by atoms with E-state index in [1.807, 2.05) is 42.0 Å². The number of carbonyl (C=O) groups is 1. The summed E-state index contributed by atoms with van der Waals surface area (Å²) in [5, 5.41) is 0.578. The molecule has 0 unspecified atom stereocenters. The molecule has 0 bridgehead atoms. The Hall–Kier alpha value is -2.59. The van der Waals surface area contributed by atoms with E-state index < -0.39 is 5.91 Å². The summed E-state index contributed by atoms with van der Waals surface area (Å²) in [5.74, 6) is -0.486. The number of benzene rings is 1. The van der Waals surface area contributed by atoms with Crippen molar-refractivity contribution in [2.75, 3.05) is 0 Å². The lowest BCUT2D eigenvalue weighted by Crippen LogP contribution is -2.11. The summed E-state index contributed by atoms with van der Waals surface area (Å²) < 4.78 is 1.87. The van der Waals surface area contributed by atoms with Crippen LogP contribution in [0.3, 0.4) is 0 Å². The van der Waals surface area contributed by atoms with E-state index in [0.29, 0.717) is 16.1 Å². The summed E-state index contributed by atoms with van der Waals surface area (Å²) in [6.45, 7) is 1.96. The first kappa shape index (κ1) is 14.4. The number of nitrogens with zero attached hydrogens (tertiary/aromatic N) is 2. The number of pyridine rings is 1. The van der Waals surface area contributed by atoms with Gasteiger partial charge in [0.15, 0.2) is 0 Å². The highest BCUT2D eigenvalue weighted by Crippen LogP contribution is 2.32. The van der Waals surface area contributed by atoms with Gasteiger partial charge >= 0.3 is 0 Å². The number of halogens is 1.